The van der Waals surface area contributed by atoms with Crippen LogP contribution in [0.25, 0.3) is 10.8 Å². The number of pyridine rings is 1. The van der Waals surface area contributed by atoms with Crippen LogP contribution in [0.4, 0.5) is 0 Å². The van der Waals surface area contributed by atoms with Gasteiger partial charge in [-0.3, -0.25) is 4.98 Å². The zero-order valence-electron chi connectivity index (χ0n) is 12.0. The van der Waals surface area contributed by atoms with Gasteiger partial charge in [0, 0.05) is 31.0 Å². The fourth-order valence-corrected chi connectivity index (χ4v) is 2.51. The van der Waals surface area contributed by atoms with Crippen LogP contribution in [0.2, 0.25) is 0 Å². The lowest BCUT2D eigenvalue weighted by atomic mass is 10.0. The molecule has 1 heterocycles. The van der Waals surface area contributed by atoms with Crippen LogP contribution in [0.15, 0.2) is 54.9 Å². The molecule has 0 amide bonds. The molecule has 2 N–H and O–H groups in total. The molecule has 21 heavy (non-hydrogen) atoms. The normalized spacial score (nSPS) is 10.9. The first-order valence-electron chi connectivity index (χ1n) is 7.05. The molecule has 2 aromatic carbocycles. The summed E-state index contributed by atoms with van der Waals surface area (Å²) >= 11 is 0. The van der Waals surface area contributed by atoms with Crippen molar-refractivity contribution in [3.05, 3.63) is 71.5 Å². The second-order valence-electron chi connectivity index (χ2n) is 5.19. The molecule has 3 aromatic rings. The Morgan fingerprint density at radius 3 is 2.76 bits per heavy atom. The van der Waals surface area contributed by atoms with Crippen molar-refractivity contribution in [1.82, 2.24) is 10.3 Å². The summed E-state index contributed by atoms with van der Waals surface area (Å²) in [5, 5.41) is 15.7. The Bertz CT molecular complexity index is 768. The number of aromatic hydroxyl groups is 1. The number of nitrogens with zero attached hydrogens (tertiary/aromatic N) is 1. The molecule has 3 rings (SSSR count). The van der Waals surface area contributed by atoms with E-state index in [9.17, 15) is 5.11 Å². The van der Waals surface area contributed by atoms with Crippen LogP contribution < -0.4 is 5.32 Å². The molecule has 3 heteroatoms. The van der Waals surface area contributed by atoms with Gasteiger partial charge in [-0.2, -0.15) is 0 Å². The Hall–Kier alpha value is -2.39. The molecule has 0 aliphatic rings. The number of aryl methyl sites for hydroxylation is 1. The highest BCUT2D eigenvalue weighted by molar-refractivity contribution is 5.87. The van der Waals surface area contributed by atoms with Gasteiger partial charge in [0.1, 0.15) is 5.75 Å². The highest BCUT2D eigenvalue weighted by Gasteiger charge is 2.06. The Morgan fingerprint density at radius 2 is 1.90 bits per heavy atom. The van der Waals surface area contributed by atoms with Gasteiger partial charge in [-0.15, -0.1) is 0 Å². The minimum atomic E-state index is 0.337. The fourth-order valence-electron chi connectivity index (χ4n) is 2.51. The van der Waals surface area contributed by atoms with Crippen LogP contribution in [0.1, 0.15) is 16.7 Å². The van der Waals surface area contributed by atoms with Gasteiger partial charge in [0.05, 0.1) is 0 Å². The van der Waals surface area contributed by atoms with Gasteiger partial charge < -0.3 is 10.4 Å². The van der Waals surface area contributed by atoms with Crippen molar-refractivity contribution in [1.29, 1.82) is 0 Å². The standard InChI is InChI=1S/C18H18N2O/c1-13-8-9-19-10-15(13)11-20-12-17-16-5-3-2-4-14(16)6-7-18(17)21/h2-10,20-21H,11-12H2,1H3. The van der Waals surface area contributed by atoms with Crippen LogP contribution >= 0.6 is 0 Å². The molecule has 0 fully saturated rings. The van der Waals surface area contributed by atoms with Crippen molar-refractivity contribution >= 4 is 10.8 Å². The topological polar surface area (TPSA) is 45.2 Å². The van der Waals surface area contributed by atoms with Gasteiger partial charge in [-0.1, -0.05) is 30.3 Å². The van der Waals surface area contributed by atoms with Crippen LogP contribution in [0.5, 0.6) is 5.75 Å². The summed E-state index contributed by atoms with van der Waals surface area (Å²) in [4.78, 5) is 4.15. The Labute approximate surface area is 124 Å². The van der Waals surface area contributed by atoms with Gasteiger partial charge in [-0.05, 0) is 41.0 Å². The van der Waals surface area contributed by atoms with Crippen LogP contribution in [-0.2, 0) is 13.1 Å². The largest absolute Gasteiger partial charge is 0.508 e. The smallest absolute Gasteiger partial charge is 0.120 e. The van der Waals surface area contributed by atoms with Gasteiger partial charge in [0.2, 0.25) is 0 Å². The lowest BCUT2D eigenvalue weighted by Crippen LogP contribution is -2.14. The number of nitrogens with one attached hydrogen (secondary N) is 1. The number of hydrogen-bond donors (Lipinski definition) is 2. The average Bonchev–Trinajstić information content (AvgIpc) is 2.51. The number of fused-ring (bicyclic) bond motifs is 1. The van der Waals surface area contributed by atoms with E-state index in [0.717, 1.165) is 22.9 Å². The first kappa shape index (κ1) is 13.6. The van der Waals surface area contributed by atoms with E-state index in [2.05, 4.69) is 23.3 Å². The van der Waals surface area contributed by atoms with E-state index in [1.54, 1.807) is 12.3 Å². The Kier molecular flexibility index (Phi) is 3.84. The van der Waals surface area contributed by atoms with Gasteiger partial charge >= 0.3 is 0 Å². The maximum Gasteiger partial charge on any atom is 0.120 e. The number of benzene rings is 2. The Morgan fingerprint density at radius 1 is 1.05 bits per heavy atom. The van der Waals surface area contributed by atoms with Crippen molar-refractivity contribution in [2.75, 3.05) is 0 Å². The van der Waals surface area contributed by atoms with Crippen molar-refractivity contribution in [2.24, 2.45) is 0 Å². The van der Waals surface area contributed by atoms with Crippen molar-refractivity contribution in [3.8, 4) is 5.75 Å². The van der Waals surface area contributed by atoms with E-state index >= 15 is 0 Å². The second kappa shape index (κ2) is 5.94. The lowest BCUT2D eigenvalue weighted by molar-refractivity contribution is 0.466. The van der Waals surface area contributed by atoms with E-state index < -0.39 is 0 Å². The van der Waals surface area contributed by atoms with Crippen molar-refractivity contribution in [3.63, 3.8) is 0 Å². The van der Waals surface area contributed by atoms with Crippen LogP contribution in [0, 0.1) is 6.92 Å². The van der Waals surface area contributed by atoms with Gasteiger partial charge in [0.25, 0.3) is 0 Å². The number of phenolic OH excluding ortho intramolecular Hbond substituents is 1. The third kappa shape index (κ3) is 2.88. The molecule has 0 aliphatic heterocycles. The number of hydrogen-bond acceptors (Lipinski definition) is 3. The predicted molar refractivity (Wildman–Crippen MR) is 85.1 cm³/mol. The maximum absolute atomic E-state index is 10.1. The summed E-state index contributed by atoms with van der Waals surface area (Å²) in [6.45, 7) is 3.44. The zero-order chi connectivity index (χ0) is 14.7. The lowest BCUT2D eigenvalue weighted by Gasteiger charge is -2.11. The summed E-state index contributed by atoms with van der Waals surface area (Å²) in [6, 6.07) is 13.8. The van der Waals surface area contributed by atoms with E-state index in [-0.39, 0.29) is 0 Å². The fraction of sp³-hybridized carbons (Fsp3) is 0.167. The molecular formula is C18H18N2O. The molecule has 0 bridgehead atoms. The maximum atomic E-state index is 10.1. The number of aromatic nitrogens is 1. The van der Waals surface area contributed by atoms with Gasteiger partial charge in [0.15, 0.2) is 0 Å². The first-order valence-corrected chi connectivity index (χ1v) is 7.05. The minimum Gasteiger partial charge on any atom is -0.508 e. The number of rotatable bonds is 4. The molecular weight excluding hydrogens is 260 g/mol. The second-order valence-corrected chi connectivity index (χ2v) is 5.19. The molecule has 0 unspecified atom stereocenters. The summed E-state index contributed by atoms with van der Waals surface area (Å²) in [6.07, 6.45) is 3.68. The predicted octanol–water partition coefficient (Wildman–Crippen LogP) is 3.54. The summed E-state index contributed by atoms with van der Waals surface area (Å²) in [7, 11) is 0. The van der Waals surface area contributed by atoms with Crippen molar-refractivity contribution in [2.45, 2.75) is 20.0 Å². The molecule has 0 spiro atoms. The van der Waals surface area contributed by atoms with E-state index in [4.69, 9.17) is 0 Å². The molecule has 1 aromatic heterocycles. The minimum absolute atomic E-state index is 0.337. The molecule has 0 aliphatic carbocycles. The van der Waals surface area contributed by atoms with Crippen LogP contribution in [-0.4, -0.2) is 10.1 Å². The molecule has 0 saturated carbocycles. The van der Waals surface area contributed by atoms with Gasteiger partial charge in [-0.25, -0.2) is 0 Å². The molecule has 106 valence electrons. The van der Waals surface area contributed by atoms with E-state index in [1.165, 1.54) is 11.1 Å². The summed E-state index contributed by atoms with van der Waals surface area (Å²) in [5.74, 6) is 0.337. The molecule has 3 nitrogen and oxygen atoms in total. The Balaban J connectivity index is 1.79. The SMILES string of the molecule is Cc1ccncc1CNCc1c(O)ccc2ccccc12. The first-order chi connectivity index (χ1) is 10.3. The highest BCUT2D eigenvalue weighted by atomic mass is 16.3. The van der Waals surface area contributed by atoms with Crippen LogP contribution in [0.3, 0.4) is 0 Å². The monoisotopic (exact) mass is 278 g/mol. The number of phenols is 1. The zero-order valence-corrected chi connectivity index (χ0v) is 12.0. The van der Waals surface area contributed by atoms with E-state index in [0.29, 0.717) is 12.3 Å². The third-order valence-corrected chi connectivity index (χ3v) is 3.78. The quantitative estimate of drug-likeness (QED) is 0.767. The molecule has 0 saturated heterocycles. The molecule has 0 radical (unpaired) electrons. The summed E-state index contributed by atoms with van der Waals surface area (Å²) < 4.78 is 0. The van der Waals surface area contributed by atoms with Crippen molar-refractivity contribution < 1.29 is 5.11 Å². The summed E-state index contributed by atoms with van der Waals surface area (Å²) in [5.41, 5.74) is 3.34. The highest BCUT2D eigenvalue weighted by Crippen LogP contribution is 2.26. The molecule has 0 atom stereocenters. The average molecular weight is 278 g/mol. The van der Waals surface area contributed by atoms with E-state index in [1.807, 2.05) is 36.5 Å². The third-order valence-electron chi connectivity index (χ3n) is 3.78.